The monoisotopic (exact) mass is 308 g/mol. The molecule has 1 saturated heterocycles. The van der Waals surface area contributed by atoms with Gasteiger partial charge in [0.2, 0.25) is 15.5 Å². The summed E-state index contributed by atoms with van der Waals surface area (Å²) < 4.78 is 33.5. The zero-order chi connectivity index (χ0) is 15.0. The first-order valence-electron chi connectivity index (χ1n) is 6.68. The lowest BCUT2D eigenvalue weighted by Gasteiger charge is -2.26. The van der Waals surface area contributed by atoms with E-state index < -0.39 is 15.5 Å². The number of pyridine rings is 1. The van der Waals surface area contributed by atoms with E-state index in [1.807, 2.05) is 6.07 Å². The smallest absolute Gasteiger partial charge is 0.248 e. The number of hydrogen-bond donors (Lipinski definition) is 0. The lowest BCUT2D eigenvalue weighted by molar-refractivity contribution is 0.0730. The Balaban J connectivity index is 2.21. The van der Waals surface area contributed by atoms with E-state index >= 15 is 0 Å². The first-order chi connectivity index (χ1) is 10.0. The minimum Gasteiger partial charge on any atom is -0.379 e. The molecule has 21 heavy (non-hydrogen) atoms. The number of sulfonamides is 1. The molecule has 2 aromatic rings. The van der Waals surface area contributed by atoms with Crippen molar-refractivity contribution in [1.82, 2.24) is 8.87 Å². The van der Waals surface area contributed by atoms with Crippen LogP contribution in [0.3, 0.4) is 0 Å². The van der Waals surface area contributed by atoms with Crippen molar-refractivity contribution in [3.63, 3.8) is 0 Å². The van der Waals surface area contributed by atoms with Gasteiger partial charge in [-0.2, -0.15) is 4.31 Å². The Labute approximate surface area is 122 Å². The molecule has 0 radical (unpaired) electrons. The summed E-state index contributed by atoms with van der Waals surface area (Å²) >= 11 is 0. The van der Waals surface area contributed by atoms with E-state index in [4.69, 9.17) is 4.74 Å². The van der Waals surface area contributed by atoms with Crippen LogP contribution < -0.4 is 5.43 Å². The lowest BCUT2D eigenvalue weighted by Crippen LogP contribution is -2.42. The summed E-state index contributed by atoms with van der Waals surface area (Å²) in [5.41, 5.74) is 0.263. The second kappa shape index (κ2) is 5.25. The van der Waals surface area contributed by atoms with Gasteiger partial charge in [-0.05, 0) is 12.1 Å². The number of para-hydroxylation sites is 1. The molecule has 0 amide bonds. The van der Waals surface area contributed by atoms with Crippen LogP contribution in [-0.2, 0) is 21.8 Å². The van der Waals surface area contributed by atoms with Gasteiger partial charge in [-0.25, -0.2) is 8.42 Å². The normalized spacial score (nSPS) is 17.2. The first kappa shape index (κ1) is 14.2. The SMILES string of the molecule is Cn1cc(S(=O)(=O)N2CCOCC2)c(=O)c2ccccc21. The van der Waals surface area contributed by atoms with Crippen LogP contribution in [0.5, 0.6) is 0 Å². The fourth-order valence-electron chi connectivity index (χ4n) is 2.52. The van der Waals surface area contributed by atoms with E-state index in [0.29, 0.717) is 24.1 Å². The molecule has 0 N–H and O–H groups in total. The highest BCUT2D eigenvalue weighted by Crippen LogP contribution is 2.17. The van der Waals surface area contributed by atoms with E-state index in [1.165, 1.54) is 10.5 Å². The molecular weight excluding hydrogens is 292 g/mol. The Bertz CT molecular complexity index is 836. The van der Waals surface area contributed by atoms with Gasteiger partial charge >= 0.3 is 0 Å². The molecule has 1 fully saturated rings. The van der Waals surface area contributed by atoms with Crippen molar-refractivity contribution in [1.29, 1.82) is 0 Å². The number of hydrogen-bond acceptors (Lipinski definition) is 4. The Morgan fingerprint density at radius 2 is 1.81 bits per heavy atom. The van der Waals surface area contributed by atoms with Crippen LogP contribution in [0.1, 0.15) is 0 Å². The number of ether oxygens (including phenoxy) is 1. The predicted octanol–water partition coefficient (Wildman–Crippen LogP) is 0.559. The van der Waals surface area contributed by atoms with Crippen molar-refractivity contribution in [2.24, 2.45) is 7.05 Å². The number of aromatic nitrogens is 1. The second-order valence-corrected chi connectivity index (χ2v) is 6.87. The minimum atomic E-state index is -3.79. The number of benzene rings is 1. The highest BCUT2D eigenvalue weighted by molar-refractivity contribution is 7.89. The molecule has 2 heterocycles. The van der Waals surface area contributed by atoms with Crippen LogP contribution in [0.15, 0.2) is 40.2 Å². The third kappa shape index (κ3) is 2.37. The maximum Gasteiger partial charge on any atom is 0.248 e. The van der Waals surface area contributed by atoms with Gasteiger partial charge in [0.25, 0.3) is 0 Å². The van der Waals surface area contributed by atoms with E-state index in [1.54, 1.807) is 29.8 Å². The molecule has 1 aliphatic heterocycles. The number of fused-ring (bicyclic) bond motifs is 1. The largest absolute Gasteiger partial charge is 0.379 e. The van der Waals surface area contributed by atoms with Gasteiger partial charge in [-0.3, -0.25) is 4.79 Å². The van der Waals surface area contributed by atoms with Crippen molar-refractivity contribution in [2.45, 2.75) is 4.90 Å². The van der Waals surface area contributed by atoms with Crippen LogP contribution in [-0.4, -0.2) is 43.6 Å². The van der Waals surface area contributed by atoms with Gasteiger partial charge in [0.05, 0.1) is 18.7 Å². The number of morpholine rings is 1. The molecule has 6 nitrogen and oxygen atoms in total. The topological polar surface area (TPSA) is 68.6 Å². The third-order valence-corrected chi connectivity index (χ3v) is 5.54. The number of nitrogens with zero attached hydrogens (tertiary/aromatic N) is 2. The van der Waals surface area contributed by atoms with Gasteiger partial charge in [0.1, 0.15) is 4.90 Å². The fourth-order valence-corrected chi connectivity index (χ4v) is 4.06. The molecule has 0 aliphatic carbocycles. The summed E-state index contributed by atoms with van der Waals surface area (Å²) in [7, 11) is -2.05. The highest BCUT2D eigenvalue weighted by Gasteiger charge is 2.29. The Morgan fingerprint density at radius 3 is 2.52 bits per heavy atom. The molecule has 1 aliphatic rings. The van der Waals surface area contributed by atoms with Gasteiger partial charge in [0.15, 0.2) is 0 Å². The van der Waals surface area contributed by atoms with E-state index in [-0.39, 0.29) is 18.0 Å². The third-order valence-electron chi connectivity index (χ3n) is 3.65. The molecule has 1 aromatic carbocycles. The molecule has 7 heteroatoms. The predicted molar refractivity (Wildman–Crippen MR) is 78.8 cm³/mol. The molecule has 0 spiro atoms. The van der Waals surface area contributed by atoms with Crippen molar-refractivity contribution >= 4 is 20.9 Å². The fraction of sp³-hybridized carbons (Fsp3) is 0.357. The zero-order valence-corrected chi connectivity index (χ0v) is 12.5. The average molecular weight is 308 g/mol. The van der Waals surface area contributed by atoms with Gasteiger partial charge < -0.3 is 9.30 Å². The van der Waals surface area contributed by atoms with Crippen molar-refractivity contribution in [3.8, 4) is 0 Å². The summed E-state index contributed by atoms with van der Waals surface area (Å²) in [5.74, 6) is 0. The van der Waals surface area contributed by atoms with Crippen molar-refractivity contribution in [3.05, 3.63) is 40.7 Å². The van der Waals surface area contributed by atoms with Crippen LogP contribution in [0.2, 0.25) is 0 Å². The van der Waals surface area contributed by atoms with Gasteiger partial charge in [-0.15, -0.1) is 0 Å². The molecule has 3 rings (SSSR count). The standard InChI is InChI=1S/C14H16N2O4S/c1-15-10-13(14(17)11-4-2-3-5-12(11)15)21(18,19)16-6-8-20-9-7-16/h2-5,10H,6-9H2,1H3. The molecular formula is C14H16N2O4S. The van der Waals surface area contributed by atoms with E-state index in [0.717, 1.165) is 0 Å². The number of rotatable bonds is 2. The number of aryl methyl sites for hydroxylation is 1. The molecule has 0 atom stereocenters. The van der Waals surface area contributed by atoms with Crippen LogP contribution in [0, 0.1) is 0 Å². The Hall–Kier alpha value is -1.70. The van der Waals surface area contributed by atoms with E-state index in [2.05, 4.69) is 0 Å². The summed E-state index contributed by atoms with van der Waals surface area (Å²) in [6.07, 6.45) is 1.40. The highest BCUT2D eigenvalue weighted by atomic mass is 32.2. The maximum absolute atomic E-state index is 12.7. The molecule has 112 valence electrons. The first-order valence-corrected chi connectivity index (χ1v) is 8.12. The zero-order valence-electron chi connectivity index (χ0n) is 11.7. The molecule has 0 saturated carbocycles. The summed E-state index contributed by atoms with van der Waals surface area (Å²) in [5, 5.41) is 0.411. The van der Waals surface area contributed by atoms with Crippen LogP contribution >= 0.6 is 0 Å². The Kier molecular flexibility index (Phi) is 3.56. The second-order valence-electron chi connectivity index (χ2n) is 4.97. The van der Waals surface area contributed by atoms with Crippen molar-refractivity contribution < 1.29 is 13.2 Å². The quantitative estimate of drug-likeness (QED) is 0.813. The molecule has 1 aromatic heterocycles. The molecule has 0 unspecified atom stereocenters. The van der Waals surface area contributed by atoms with Crippen LogP contribution in [0.4, 0.5) is 0 Å². The molecule has 0 bridgehead atoms. The Morgan fingerprint density at radius 1 is 1.14 bits per heavy atom. The van der Waals surface area contributed by atoms with Crippen molar-refractivity contribution in [2.75, 3.05) is 26.3 Å². The van der Waals surface area contributed by atoms with Gasteiger partial charge in [0, 0.05) is 31.7 Å². The van der Waals surface area contributed by atoms with Gasteiger partial charge in [-0.1, -0.05) is 12.1 Å². The summed E-state index contributed by atoms with van der Waals surface area (Å²) in [6.45, 7) is 1.26. The minimum absolute atomic E-state index is 0.175. The van der Waals surface area contributed by atoms with E-state index in [9.17, 15) is 13.2 Å². The average Bonchev–Trinajstić information content (AvgIpc) is 2.51. The maximum atomic E-state index is 12.7. The lowest BCUT2D eigenvalue weighted by atomic mass is 10.2. The summed E-state index contributed by atoms with van der Waals surface area (Å²) in [6, 6.07) is 6.99. The summed E-state index contributed by atoms with van der Waals surface area (Å²) in [4.78, 5) is 12.3. The van der Waals surface area contributed by atoms with Crippen LogP contribution in [0.25, 0.3) is 10.9 Å².